The maximum Gasteiger partial charge on any atom is 4.00 e. The predicted octanol–water partition coefficient (Wildman–Crippen LogP) is 6.98. The van der Waals surface area contributed by atoms with Gasteiger partial charge in [-0.25, -0.2) is 5.57 Å². The minimum Gasteiger partial charge on any atom is -0.358 e. The second-order valence-corrected chi connectivity index (χ2v) is 13.1. The van der Waals surface area contributed by atoms with Crippen molar-refractivity contribution >= 4 is 23.6 Å². The first kappa shape index (κ1) is 32.1. The summed E-state index contributed by atoms with van der Waals surface area (Å²) in [4.78, 5) is 0. The molecule has 0 nitrogen and oxygen atoms in total. The van der Waals surface area contributed by atoms with Crippen molar-refractivity contribution in [1.82, 2.24) is 0 Å². The number of hydrogen-bond donors (Lipinski definition) is 0. The van der Waals surface area contributed by atoms with Crippen LogP contribution in [-0.2, 0) is 21.7 Å². The van der Waals surface area contributed by atoms with Crippen LogP contribution >= 0.6 is 0 Å². The third-order valence-electron chi connectivity index (χ3n) is 7.26. The Balaban J connectivity index is 0.00000272. The molecular weight excluding hydrogens is 460 g/mol. The molecule has 1 aliphatic rings. The summed E-state index contributed by atoms with van der Waals surface area (Å²) < 4.78 is 0. The van der Waals surface area contributed by atoms with Crippen LogP contribution < -0.4 is 15.6 Å². The number of allylic oxidation sites excluding steroid dienone is 4. The first-order valence-corrected chi connectivity index (χ1v) is 12.8. The maximum absolute atomic E-state index is 4.01. The molecule has 0 N–H and O–H groups in total. The Morgan fingerprint density at radius 2 is 1.15 bits per heavy atom. The van der Waals surface area contributed by atoms with Gasteiger partial charge in [-0.1, -0.05) is 116 Å². The zero-order chi connectivity index (χ0) is 21.5. The Bertz CT molecular complexity index is 1100. The molecule has 1 aliphatic carbocycles. The molecule has 0 fully saturated rings. The number of benzene rings is 3. The summed E-state index contributed by atoms with van der Waals surface area (Å²) in [6, 6.07) is 29.5. The Hall–Kier alpha value is -1.93. The summed E-state index contributed by atoms with van der Waals surface area (Å²) in [5.74, 6) is 0. The molecule has 3 aromatic carbocycles. The average molecular weight is 501 g/mol. The predicted molar refractivity (Wildman–Crippen MR) is 152 cm³/mol. The second-order valence-electron chi connectivity index (χ2n) is 8.93. The fourth-order valence-electron chi connectivity index (χ4n) is 5.53. The molecule has 0 aromatic heterocycles. The summed E-state index contributed by atoms with van der Waals surface area (Å²) in [7, 11) is -2.52. The smallest absolute Gasteiger partial charge is 0.358 e. The van der Waals surface area contributed by atoms with Crippen molar-refractivity contribution in [2.24, 2.45) is 0 Å². The topological polar surface area (TPSA) is 0 Å². The van der Waals surface area contributed by atoms with E-state index in [9.17, 15) is 0 Å². The van der Waals surface area contributed by atoms with E-state index in [-0.39, 0.29) is 49.0 Å². The zero-order valence-corrected chi connectivity index (χ0v) is 25.1. The summed E-state index contributed by atoms with van der Waals surface area (Å²) in [5, 5.41) is 4.21. The van der Waals surface area contributed by atoms with E-state index in [2.05, 4.69) is 126 Å². The van der Waals surface area contributed by atoms with Crippen molar-refractivity contribution in [2.45, 2.75) is 46.6 Å². The molecular formula is C32H40SiTi. The third-order valence-corrected chi connectivity index (χ3v) is 13.0. The zero-order valence-electron chi connectivity index (χ0n) is 22.5. The number of rotatable bonds is 4. The van der Waals surface area contributed by atoms with E-state index >= 15 is 0 Å². The Morgan fingerprint density at radius 3 is 1.53 bits per heavy atom. The van der Waals surface area contributed by atoms with Crippen molar-refractivity contribution in [2.75, 3.05) is 0 Å². The fraction of sp³-hybridized carbons (Fsp3) is 0.219. The van der Waals surface area contributed by atoms with Crippen LogP contribution in [0.5, 0.6) is 0 Å². The maximum atomic E-state index is 4.01. The number of aryl methyl sites for hydroxylation is 2. The quantitative estimate of drug-likeness (QED) is 0.206. The molecule has 0 radical (unpaired) electrons. The van der Waals surface area contributed by atoms with Gasteiger partial charge in [0.05, 0.1) is 0 Å². The van der Waals surface area contributed by atoms with E-state index in [0.29, 0.717) is 0 Å². The van der Waals surface area contributed by atoms with Gasteiger partial charge in [-0.2, -0.15) is 11.1 Å². The molecule has 0 amide bonds. The van der Waals surface area contributed by atoms with Crippen molar-refractivity contribution < 1.29 is 21.7 Å². The van der Waals surface area contributed by atoms with E-state index < -0.39 is 8.07 Å². The van der Waals surface area contributed by atoms with Crippen LogP contribution in [0, 0.1) is 42.2 Å². The van der Waals surface area contributed by atoms with Gasteiger partial charge >= 0.3 is 21.7 Å². The van der Waals surface area contributed by atoms with E-state index in [1.165, 1.54) is 43.4 Å². The molecule has 4 rings (SSSR count). The van der Waals surface area contributed by atoms with Crippen LogP contribution in [0.1, 0.15) is 38.8 Å². The van der Waals surface area contributed by atoms with Crippen LogP contribution in [0.2, 0.25) is 5.04 Å². The van der Waals surface area contributed by atoms with Crippen LogP contribution in [-0.4, -0.2) is 8.07 Å². The molecule has 1 atom stereocenters. The van der Waals surface area contributed by atoms with E-state index in [0.717, 1.165) is 0 Å². The van der Waals surface area contributed by atoms with E-state index in [4.69, 9.17) is 0 Å². The summed E-state index contributed by atoms with van der Waals surface area (Å²) in [6.45, 7) is 13.7. The van der Waals surface area contributed by atoms with Gasteiger partial charge in [0.2, 0.25) is 0 Å². The summed E-state index contributed by atoms with van der Waals surface area (Å²) in [6.07, 6.45) is 4.01. The Morgan fingerprint density at radius 1 is 0.676 bits per heavy atom. The largest absolute Gasteiger partial charge is 4.00 e. The van der Waals surface area contributed by atoms with Crippen LogP contribution in [0.15, 0.2) is 95.6 Å². The van der Waals surface area contributed by atoms with Crippen molar-refractivity contribution in [3.63, 3.8) is 0 Å². The van der Waals surface area contributed by atoms with Gasteiger partial charge in [0.1, 0.15) is 8.07 Å². The van der Waals surface area contributed by atoms with Gasteiger partial charge < -0.3 is 22.3 Å². The summed E-state index contributed by atoms with van der Waals surface area (Å²) >= 11 is 0. The van der Waals surface area contributed by atoms with Gasteiger partial charge in [0, 0.05) is 0 Å². The van der Waals surface area contributed by atoms with Gasteiger partial charge in [-0.15, -0.1) is 6.92 Å². The van der Waals surface area contributed by atoms with Crippen LogP contribution in [0.3, 0.4) is 0 Å². The first-order chi connectivity index (χ1) is 14.3. The molecule has 0 bridgehead atoms. The molecule has 0 spiro atoms. The molecule has 34 heavy (non-hydrogen) atoms. The molecule has 3 aromatic rings. The normalized spacial score (nSPS) is 16.9. The second kappa shape index (κ2) is 12.2. The first-order valence-electron chi connectivity index (χ1n) is 10.8. The molecule has 1 unspecified atom stereocenters. The van der Waals surface area contributed by atoms with E-state index in [1.54, 1.807) is 0 Å². The minimum atomic E-state index is -2.52. The fourth-order valence-corrected chi connectivity index (χ4v) is 11.7. The third kappa shape index (κ3) is 4.76. The molecule has 0 saturated heterocycles. The Kier molecular flexibility index (Phi) is 11.5. The van der Waals surface area contributed by atoms with Gasteiger partial charge in [0.25, 0.3) is 0 Å². The number of hydrogen-bond acceptors (Lipinski definition) is 0. The molecule has 0 aliphatic heterocycles. The minimum absolute atomic E-state index is 0. The molecule has 176 valence electrons. The molecule has 0 heterocycles. The molecule has 0 saturated carbocycles. The van der Waals surface area contributed by atoms with Gasteiger partial charge in [-0.05, 0) is 29.4 Å². The van der Waals surface area contributed by atoms with Crippen molar-refractivity contribution in [1.29, 1.82) is 0 Å². The SMILES string of the molecule is CC1=[C-]C(C)([Si](c2ccccc2)(c2ccccc2)c2ccc(C)cc2C)C(C)=C1C.[CH3-].[CH3-].[CH3-].[Ti+4]. The van der Waals surface area contributed by atoms with Crippen molar-refractivity contribution in [3.8, 4) is 0 Å². The van der Waals surface area contributed by atoms with Gasteiger partial charge in [-0.3, -0.25) is 6.08 Å². The summed E-state index contributed by atoms with van der Waals surface area (Å²) in [5.41, 5.74) is 6.84. The Labute approximate surface area is 226 Å². The van der Waals surface area contributed by atoms with Crippen LogP contribution in [0.25, 0.3) is 0 Å². The standard InChI is InChI=1S/C29H31Si.3CH3.Ti/c1-21-17-18-28(22(2)19-21)30(26-13-9-7-10-14-26,27-15-11-8-12-16-27)29(6)20-23(3)24(4)25(29)5;;;;/h7-19H,1-6H3;3*1H3;/q4*-1;+4. The molecule has 2 heteroatoms. The monoisotopic (exact) mass is 500 g/mol. The van der Waals surface area contributed by atoms with E-state index in [1.807, 2.05) is 0 Å². The van der Waals surface area contributed by atoms with Crippen LogP contribution in [0.4, 0.5) is 0 Å². The van der Waals surface area contributed by atoms with Gasteiger partial charge in [0.15, 0.2) is 0 Å². The van der Waals surface area contributed by atoms with Crippen molar-refractivity contribution in [3.05, 3.63) is 135 Å². The average Bonchev–Trinajstić information content (AvgIpc) is 2.95.